The molecule has 1 atom stereocenters. The first-order chi connectivity index (χ1) is 7.59. The number of carbonyl (C=O) groups excluding carboxylic acids is 1. The summed E-state index contributed by atoms with van der Waals surface area (Å²) in [5.41, 5.74) is 0.477. The van der Waals surface area contributed by atoms with Crippen molar-refractivity contribution in [1.82, 2.24) is 4.90 Å². The molecule has 1 amide bonds. The van der Waals surface area contributed by atoms with Gasteiger partial charge in [0.1, 0.15) is 0 Å². The second kappa shape index (κ2) is 4.73. The van der Waals surface area contributed by atoms with E-state index in [2.05, 4.69) is 15.9 Å². The van der Waals surface area contributed by atoms with Gasteiger partial charge in [-0.1, -0.05) is 17.7 Å². The number of aliphatic hydroxyl groups is 1. The number of benzene rings is 1. The predicted molar refractivity (Wildman–Crippen MR) is 65.7 cm³/mol. The van der Waals surface area contributed by atoms with Gasteiger partial charge < -0.3 is 10.0 Å². The number of nitrogens with zero attached hydrogens (tertiary/aromatic N) is 1. The summed E-state index contributed by atoms with van der Waals surface area (Å²) in [5.74, 6) is -0.122. The average Bonchev–Trinajstić information content (AvgIpc) is 2.68. The summed E-state index contributed by atoms with van der Waals surface area (Å²) in [6, 6.07) is 5.26. The second-order valence-electron chi connectivity index (χ2n) is 3.80. The van der Waals surface area contributed by atoms with Crippen molar-refractivity contribution in [3.63, 3.8) is 0 Å². The van der Waals surface area contributed by atoms with E-state index in [0.29, 0.717) is 34.6 Å². The molecule has 1 aliphatic rings. The standard InChI is InChI=1S/C11H11BrClNO2/c12-9-3-1-2-8(10(9)13)11(16)14-5-4-7(15)6-14/h1-3,7,15H,4-6H2/t7-/m0/s1. The molecule has 5 heteroatoms. The topological polar surface area (TPSA) is 40.5 Å². The second-order valence-corrected chi connectivity index (χ2v) is 5.03. The highest BCUT2D eigenvalue weighted by atomic mass is 79.9. The normalized spacial score (nSPS) is 20.2. The first-order valence-electron chi connectivity index (χ1n) is 5.01. The third-order valence-corrected chi connectivity index (χ3v) is 3.93. The summed E-state index contributed by atoms with van der Waals surface area (Å²) >= 11 is 9.33. The van der Waals surface area contributed by atoms with Crippen LogP contribution in [-0.4, -0.2) is 35.1 Å². The van der Waals surface area contributed by atoms with Crippen molar-refractivity contribution < 1.29 is 9.90 Å². The monoisotopic (exact) mass is 303 g/mol. The highest BCUT2D eigenvalue weighted by Gasteiger charge is 2.26. The SMILES string of the molecule is O=C(c1cccc(Br)c1Cl)N1CC[C@H](O)C1. The number of hydrogen-bond acceptors (Lipinski definition) is 2. The fraction of sp³-hybridized carbons (Fsp3) is 0.364. The van der Waals surface area contributed by atoms with Gasteiger partial charge in [0.05, 0.1) is 16.7 Å². The Morgan fingerprint density at radius 2 is 2.31 bits per heavy atom. The van der Waals surface area contributed by atoms with Gasteiger partial charge >= 0.3 is 0 Å². The highest BCUT2D eigenvalue weighted by molar-refractivity contribution is 9.10. The molecule has 0 saturated carbocycles. The number of halogens is 2. The maximum Gasteiger partial charge on any atom is 0.255 e. The van der Waals surface area contributed by atoms with E-state index < -0.39 is 6.10 Å². The van der Waals surface area contributed by atoms with Crippen LogP contribution in [0, 0.1) is 0 Å². The van der Waals surface area contributed by atoms with Crippen molar-refractivity contribution in [3.8, 4) is 0 Å². The smallest absolute Gasteiger partial charge is 0.255 e. The van der Waals surface area contributed by atoms with E-state index in [0.717, 1.165) is 0 Å². The van der Waals surface area contributed by atoms with Gasteiger partial charge in [-0.3, -0.25) is 4.79 Å². The number of carbonyl (C=O) groups is 1. The Labute approximate surface area is 107 Å². The van der Waals surface area contributed by atoms with Crippen LogP contribution in [0.2, 0.25) is 5.02 Å². The summed E-state index contributed by atoms with van der Waals surface area (Å²) in [6.45, 7) is 0.977. The minimum atomic E-state index is -0.408. The lowest BCUT2D eigenvalue weighted by Crippen LogP contribution is -2.29. The van der Waals surface area contributed by atoms with E-state index in [1.54, 1.807) is 23.1 Å². The van der Waals surface area contributed by atoms with Crippen LogP contribution in [0.25, 0.3) is 0 Å². The molecular weight excluding hydrogens is 293 g/mol. The zero-order chi connectivity index (χ0) is 11.7. The van der Waals surface area contributed by atoms with Crippen molar-refractivity contribution in [1.29, 1.82) is 0 Å². The van der Waals surface area contributed by atoms with Gasteiger partial charge in [-0.05, 0) is 34.5 Å². The minimum Gasteiger partial charge on any atom is -0.391 e. The zero-order valence-corrected chi connectivity index (χ0v) is 10.8. The summed E-state index contributed by atoms with van der Waals surface area (Å²) < 4.78 is 0.708. The Morgan fingerprint density at radius 1 is 1.56 bits per heavy atom. The summed E-state index contributed by atoms with van der Waals surface area (Å²) in [4.78, 5) is 13.7. The molecule has 0 radical (unpaired) electrons. The Balaban J connectivity index is 2.24. The van der Waals surface area contributed by atoms with Gasteiger partial charge in [0.25, 0.3) is 5.91 Å². The molecular formula is C11H11BrClNO2. The zero-order valence-electron chi connectivity index (χ0n) is 8.49. The number of rotatable bonds is 1. The van der Waals surface area contributed by atoms with Crippen molar-refractivity contribution >= 4 is 33.4 Å². The van der Waals surface area contributed by atoms with E-state index in [1.165, 1.54) is 0 Å². The number of likely N-dealkylation sites (tertiary alicyclic amines) is 1. The van der Waals surface area contributed by atoms with Crippen LogP contribution in [0.3, 0.4) is 0 Å². The molecule has 1 aliphatic heterocycles. The first kappa shape index (κ1) is 11.9. The molecule has 1 N–H and O–H groups in total. The molecule has 0 unspecified atom stereocenters. The fourth-order valence-electron chi connectivity index (χ4n) is 1.77. The van der Waals surface area contributed by atoms with Crippen molar-refractivity contribution in [2.75, 3.05) is 13.1 Å². The van der Waals surface area contributed by atoms with E-state index in [-0.39, 0.29) is 5.91 Å². The third kappa shape index (κ3) is 2.24. The number of β-amino-alcohol motifs (C(OH)–C–C–N with tert-alkyl or cyclic N) is 1. The average molecular weight is 305 g/mol. The lowest BCUT2D eigenvalue weighted by Gasteiger charge is -2.16. The number of hydrogen-bond donors (Lipinski definition) is 1. The third-order valence-electron chi connectivity index (χ3n) is 2.63. The van der Waals surface area contributed by atoms with Crippen LogP contribution in [-0.2, 0) is 0 Å². The predicted octanol–water partition coefficient (Wildman–Crippen LogP) is 2.31. The van der Waals surface area contributed by atoms with Gasteiger partial charge in [0.15, 0.2) is 0 Å². The molecule has 1 aromatic rings. The molecule has 1 aromatic carbocycles. The van der Waals surface area contributed by atoms with Crippen molar-refractivity contribution in [2.24, 2.45) is 0 Å². The molecule has 0 spiro atoms. The van der Waals surface area contributed by atoms with Crippen LogP contribution >= 0.6 is 27.5 Å². The molecule has 86 valence electrons. The molecule has 1 fully saturated rings. The van der Waals surface area contributed by atoms with Crippen molar-refractivity contribution in [2.45, 2.75) is 12.5 Å². The molecule has 1 heterocycles. The molecule has 0 aromatic heterocycles. The first-order valence-corrected chi connectivity index (χ1v) is 6.18. The van der Waals surface area contributed by atoms with E-state index in [9.17, 15) is 9.90 Å². The van der Waals surface area contributed by atoms with Gasteiger partial charge in [0.2, 0.25) is 0 Å². The Hall–Kier alpha value is -0.580. The molecule has 1 saturated heterocycles. The maximum absolute atomic E-state index is 12.1. The molecule has 2 rings (SSSR count). The quantitative estimate of drug-likeness (QED) is 0.865. The molecule has 16 heavy (non-hydrogen) atoms. The lowest BCUT2D eigenvalue weighted by atomic mass is 10.2. The van der Waals surface area contributed by atoms with Gasteiger partial charge in [-0.25, -0.2) is 0 Å². The van der Waals surface area contributed by atoms with Crippen LogP contribution in [0.5, 0.6) is 0 Å². The summed E-state index contributed by atoms with van der Waals surface area (Å²) in [5, 5.41) is 9.81. The largest absolute Gasteiger partial charge is 0.391 e. The highest BCUT2D eigenvalue weighted by Crippen LogP contribution is 2.27. The van der Waals surface area contributed by atoms with Crippen LogP contribution in [0.15, 0.2) is 22.7 Å². The summed E-state index contributed by atoms with van der Waals surface area (Å²) in [6.07, 6.45) is 0.229. The minimum absolute atomic E-state index is 0.122. The van der Waals surface area contributed by atoms with E-state index in [4.69, 9.17) is 11.6 Å². The fourth-order valence-corrected chi connectivity index (χ4v) is 2.34. The van der Waals surface area contributed by atoms with Gasteiger partial charge in [-0.2, -0.15) is 0 Å². The number of amides is 1. The Morgan fingerprint density at radius 3 is 2.94 bits per heavy atom. The molecule has 0 aliphatic carbocycles. The van der Waals surface area contributed by atoms with Gasteiger partial charge in [-0.15, -0.1) is 0 Å². The molecule has 0 bridgehead atoms. The lowest BCUT2D eigenvalue weighted by molar-refractivity contribution is 0.0765. The molecule has 3 nitrogen and oxygen atoms in total. The van der Waals surface area contributed by atoms with Crippen LogP contribution in [0.4, 0.5) is 0 Å². The van der Waals surface area contributed by atoms with Crippen LogP contribution in [0.1, 0.15) is 16.8 Å². The van der Waals surface area contributed by atoms with E-state index >= 15 is 0 Å². The van der Waals surface area contributed by atoms with Crippen LogP contribution < -0.4 is 0 Å². The summed E-state index contributed by atoms with van der Waals surface area (Å²) in [7, 11) is 0. The van der Waals surface area contributed by atoms with Crippen molar-refractivity contribution in [3.05, 3.63) is 33.3 Å². The van der Waals surface area contributed by atoms with Gasteiger partial charge in [0, 0.05) is 17.6 Å². The maximum atomic E-state index is 12.1. The Bertz CT molecular complexity index is 424. The Kier molecular flexibility index (Phi) is 3.52. The number of aliphatic hydroxyl groups excluding tert-OH is 1. The van der Waals surface area contributed by atoms with E-state index in [1.807, 2.05) is 0 Å².